The summed E-state index contributed by atoms with van der Waals surface area (Å²) >= 11 is 1.21. The predicted molar refractivity (Wildman–Crippen MR) is 103 cm³/mol. The maximum Gasteiger partial charge on any atom is 0.277 e. The highest BCUT2D eigenvalue weighted by atomic mass is 32.1. The Morgan fingerprint density at radius 1 is 1.14 bits per heavy atom. The number of thiazole rings is 1. The van der Waals surface area contributed by atoms with Crippen LogP contribution >= 0.6 is 11.3 Å². The van der Waals surface area contributed by atoms with E-state index in [1.54, 1.807) is 12.1 Å². The summed E-state index contributed by atoms with van der Waals surface area (Å²) in [7, 11) is 0. The molecule has 28 heavy (non-hydrogen) atoms. The van der Waals surface area contributed by atoms with Gasteiger partial charge in [-0.25, -0.2) is 4.98 Å². The second-order valence-corrected chi connectivity index (χ2v) is 6.73. The molecule has 0 aliphatic heterocycles. The van der Waals surface area contributed by atoms with Crippen LogP contribution in [0.1, 0.15) is 23.7 Å². The van der Waals surface area contributed by atoms with E-state index in [0.717, 1.165) is 29.3 Å². The number of non-ortho nitro benzene ring substituents is 2. The molecule has 3 aromatic rings. The zero-order chi connectivity index (χ0) is 20.3. The van der Waals surface area contributed by atoms with Gasteiger partial charge < -0.3 is 4.74 Å². The molecule has 1 aromatic heterocycles. The first-order chi connectivity index (χ1) is 13.4. The molecule has 3 rings (SSSR count). The van der Waals surface area contributed by atoms with E-state index in [4.69, 9.17) is 4.74 Å². The fourth-order valence-electron chi connectivity index (χ4n) is 2.38. The van der Waals surface area contributed by atoms with Crippen molar-refractivity contribution in [3.05, 3.63) is 62.2 Å². The summed E-state index contributed by atoms with van der Waals surface area (Å²) < 4.78 is 6.35. The zero-order valence-corrected chi connectivity index (χ0v) is 15.4. The summed E-state index contributed by atoms with van der Waals surface area (Å²) in [5.74, 6) is -0.0693. The Morgan fingerprint density at radius 2 is 1.82 bits per heavy atom. The number of amides is 1. The molecule has 0 saturated carbocycles. The number of ether oxygens (including phenoxy) is 1. The van der Waals surface area contributed by atoms with Crippen molar-refractivity contribution in [2.24, 2.45) is 0 Å². The average Bonchev–Trinajstić information content (AvgIpc) is 3.07. The predicted octanol–water partition coefficient (Wildman–Crippen LogP) is 4.15. The molecule has 0 spiro atoms. The van der Waals surface area contributed by atoms with E-state index in [1.807, 2.05) is 13.0 Å². The third kappa shape index (κ3) is 4.20. The third-order valence-corrected chi connectivity index (χ3v) is 4.59. The van der Waals surface area contributed by atoms with E-state index >= 15 is 0 Å². The Kier molecular flexibility index (Phi) is 5.45. The first kappa shape index (κ1) is 19.2. The lowest BCUT2D eigenvalue weighted by molar-refractivity contribution is -0.394. The first-order valence-electron chi connectivity index (χ1n) is 8.16. The van der Waals surface area contributed by atoms with E-state index in [9.17, 15) is 25.0 Å². The van der Waals surface area contributed by atoms with Crippen LogP contribution in [-0.2, 0) is 0 Å². The van der Waals surface area contributed by atoms with E-state index in [1.165, 1.54) is 11.3 Å². The Hall–Kier alpha value is -3.60. The molecule has 0 bridgehead atoms. The van der Waals surface area contributed by atoms with Gasteiger partial charge in [0.25, 0.3) is 17.3 Å². The smallest absolute Gasteiger partial charge is 0.277 e. The van der Waals surface area contributed by atoms with Crippen LogP contribution in [0.5, 0.6) is 5.75 Å². The summed E-state index contributed by atoms with van der Waals surface area (Å²) in [6.07, 6.45) is 0.867. The van der Waals surface area contributed by atoms with E-state index in [0.29, 0.717) is 17.9 Å². The number of nitrogens with zero attached hydrogens (tertiary/aromatic N) is 3. The van der Waals surface area contributed by atoms with Gasteiger partial charge in [0.2, 0.25) is 0 Å². The number of aromatic nitrogens is 1. The van der Waals surface area contributed by atoms with Gasteiger partial charge >= 0.3 is 0 Å². The number of nitrogens with one attached hydrogen (secondary N) is 1. The number of hydrogen-bond acceptors (Lipinski definition) is 8. The largest absolute Gasteiger partial charge is 0.494 e. The quantitative estimate of drug-likeness (QED) is 0.463. The van der Waals surface area contributed by atoms with Gasteiger partial charge in [-0.1, -0.05) is 18.3 Å². The minimum atomic E-state index is -0.792. The second kappa shape index (κ2) is 7.96. The lowest BCUT2D eigenvalue weighted by atomic mass is 10.1. The van der Waals surface area contributed by atoms with Crippen molar-refractivity contribution in [1.29, 1.82) is 0 Å². The number of rotatable bonds is 7. The van der Waals surface area contributed by atoms with Crippen LogP contribution < -0.4 is 10.1 Å². The van der Waals surface area contributed by atoms with Crippen molar-refractivity contribution < 1.29 is 19.4 Å². The highest BCUT2D eigenvalue weighted by molar-refractivity contribution is 7.22. The Labute approximate surface area is 162 Å². The third-order valence-electron chi connectivity index (χ3n) is 3.64. The molecule has 0 saturated heterocycles. The molecule has 1 heterocycles. The molecule has 1 N–H and O–H groups in total. The molecule has 1 amide bonds. The molecule has 144 valence electrons. The molecule has 0 aliphatic carbocycles. The molecule has 10 nitrogen and oxygen atoms in total. The zero-order valence-electron chi connectivity index (χ0n) is 14.6. The van der Waals surface area contributed by atoms with Crippen molar-refractivity contribution in [3.63, 3.8) is 0 Å². The highest BCUT2D eigenvalue weighted by Crippen LogP contribution is 2.30. The summed E-state index contributed by atoms with van der Waals surface area (Å²) in [4.78, 5) is 37.1. The number of hydrogen-bond donors (Lipinski definition) is 1. The Balaban J connectivity index is 1.86. The van der Waals surface area contributed by atoms with Crippen LogP contribution in [0.4, 0.5) is 16.5 Å². The molecule has 0 radical (unpaired) electrons. The summed E-state index contributed by atoms with van der Waals surface area (Å²) in [6.45, 7) is 2.57. The number of fused-ring (bicyclic) bond motifs is 1. The molecular weight excluding hydrogens is 388 g/mol. The van der Waals surface area contributed by atoms with Crippen molar-refractivity contribution in [3.8, 4) is 5.75 Å². The average molecular weight is 402 g/mol. The topological polar surface area (TPSA) is 138 Å². The molecular formula is C17H14N4O6S. The van der Waals surface area contributed by atoms with Gasteiger partial charge in [0, 0.05) is 18.2 Å². The van der Waals surface area contributed by atoms with Crippen LogP contribution in [0.2, 0.25) is 0 Å². The molecule has 0 atom stereocenters. The molecule has 0 aliphatic rings. The lowest BCUT2D eigenvalue weighted by Crippen LogP contribution is -2.12. The van der Waals surface area contributed by atoms with E-state index in [-0.39, 0.29) is 10.7 Å². The maximum atomic E-state index is 12.4. The van der Waals surface area contributed by atoms with Gasteiger partial charge in [0.15, 0.2) is 5.13 Å². The molecule has 2 aromatic carbocycles. The van der Waals surface area contributed by atoms with Gasteiger partial charge in [-0.3, -0.25) is 30.3 Å². The van der Waals surface area contributed by atoms with Crippen molar-refractivity contribution >= 4 is 44.0 Å². The van der Waals surface area contributed by atoms with Crippen LogP contribution in [0.25, 0.3) is 10.2 Å². The minimum absolute atomic E-state index is 0.202. The Morgan fingerprint density at radius 3 is 2.43 bits per heavy atom. The van der Waals surface area contributed by atoms with Gasteiger partial charge in [-0.05, 0) is 18.6 Å². The van der Waals surface area contributed by atoms with Crippen LogP contribution in [-0.4, -0.2) is 27.3 Å². The van der Waals surface area contributed by atoms with Crippen LogP contribution in [0, 0.1) is 20.2 Å². The fourth-order valence-corrected chi connectivity index (χ4v) is 3.22. The normalized spacial score (nSPS) is 10.6. The van der Waals surface area contributed by atoms with Gasteiger partial charge in [-0.15, -0.1) is 0 Å². The van der Waals surface area contributed by atoms with Crippen LogP contribution in [0.3, 0.4) is 0 Å². The van der Waals surface area contributed by atoms with Crippen LogP contribution in [0.15, 0.2) is 36.4 Å². The number of benzene rings is 2. The van der Waals surface area contributed by atoms with Gasteiger partial charge in [0.05, 0.1) is 38.3 Å². The summed E-state index contributed by atoms with van der Waals surface area (Å²) in [5, 5.41) is 24.7. The second-order valence-electron chi connectivity index (χ2n) is 5.70. The molecule has 0 fully saturated rings. The van der Waals surface area contributed by atoms with Crippen molar-refractivity contribution in [2.75, 3.05) is 11.9 Å². The van der Waals surface area contributed by atoms with Gasteiger partial charge in [0.1, 0.15) is 5.75 Å². The molecule has 11 heteroatoms. The first-order valence-corrected chi connectivity index (χ1v) is 8.97. The van der Waals surface area contributed by atoms with Crippen molar-refractivity contribution in [1.82, 2.24) is 4.98 Å². The van der Waals surface area contributed by atoms with Crippen molar-refractivity contribution in [2.45, 2.75) is 13.3 Å². The van der Waals surface area contributed by atoms with Gasteiger partial charge in [-0.2, -0.15) is 0 Å². The SMILES string of the molecule is CCCOc1ccc2sc(NC(=O)c3cc([N+](=O)[O-])cc([N+](=O)[O-])c3)nc2c1. The highest BCUT2D eigenvalue weighted by Gasteiger charge is 2.20. The molecule has 0 unspecified atom stereocenters. The summed E-state index contributed by atoms with van der Waals surface area (Å²) in [5.41, 5.74) is -0.659. The minimum Gasteiger partial charge on any atom is -0.494 e. The Bertz CT molecular complexity index is 1050. The number of carbonyl (C=O) groups is 1. The number of nitro benzene ring substituents is 2. The standard InChI is InChI=1S/C17H14N4O6S/c1-2-5-27-13-3-4-15-14(9-13)18-17(28-15)19-16(22)10-6-11(20(23)24)8-12(7-10)21(25)26/h3-4,6-9H,2,5H2,1H3,(H,18,19,22). The maximum absolute atomic E-state index is 12.4. The monoisotopic (exact) mass is 402 g/mol. The fraction of sp³-hybridized carbons (Fsp3) is 0.176. The summed E-state index contributed by atoms with van der Waals surface area (Å²) in [6, 6.07) is 8.11. The lowest BCUT2D eigenvalue weighted by Gasteiger charge is -2.03. The number of nitro groups is 2. The number of anilines is 1. The van der Waals surface area contributed by atoms with E-state index in [2.05, 4.69) is 10.3 Å². The number of carbonyl (C=O) groups excluding carboxylic acids is 1. The van der Waals surface area contributed by atoms with E-state index < -0.39 is 27.1 Å².